The van der Waals surface area contributed by atoms with Gasteiger partial charge in [0.25, 0.3) is 0 Å². The van der Waals surface area contributed by atoms with E-state index in [1.54, 1.807) is 13.8 Å². The summed E-state index contributed by atoms with van der Waals surface area (Å²) in [7, 11) is 0. The molecule has 0 saturated heterocycles. The molecule has 5 nitrogen and oxygen atoms in total. The van der Waals surface area contributed by atoms with Crippen LogP contribution in [0.4, 0.5) is 13.2 Å². The summed E-state index contributed by atoms with van der Waals surface area (Å²) < 4.78 is 40.4. The van der Waals surface area contributed by atoms with Crippen LogP contribution in [0.3, 0.4) is 0 Å². The average Bonchev–Trinajstić information content (AvgIpc) is 2.67. The van der Waals surface area contributed by atoms with E-state index in [4.69, 9.17) is 0 Å². The van der Waals surface area contributed by atoms with Crippen LogP contribution in [0.15, 0.2) is 21.0 Å². The summed E-state index contributed by atoms with van der Waals surface area (Å²) in [5.74, 6) is -3.79. The molecule has 0 radical (unpaired) electrons. The van der Waals surface area contributed by atoms with E-state index >= 15 is 0 Å². The molecule has 0 aliphatic heterocycles. The van der Waals surface area contributed by atoms with Crippen LogP contribution in [0.1, 0.15) is 19.9 Å². The Morgan fingerprint density at radius 2 is 2.00 bits per heavy atom. The number of nitrogens with zero attached hydrogens (tertiary/aromatic N) is 3. The lowest BCUT2D eigenvalue weighted by Gasteiger charge is -2.08. The minimum absolute atomic E-state index is 0.123. The third kappa shape index (κ3) is 2.65. The number of hydrogen-bond donors (Lipinski definition) is 1. The minimum atomic E-state index is -1.40. The van der Waals surface area contributed by atoms with E-state index in [0.717, 1.165) is 0 Å². The van der Waals surface area contributed by atoms with Crippen molar-refractivity contribution in [2.75, 3.05) is 0 Å². The van der Waals surface area contributed by atoms with Gasteiger partial charge in [0, 0.05) is 12.1 Å². The van der Waals surface area contributed by atoms with Crippen molar-refractivity contribution in [2.45, 2.75) is 30.1 Å². The summed E-state index contributed by atoms with van der Waals surface area (Å²) in [5, 5.41) is 5.63. The predicted molar refractivity (Wildman–Crippen MR) is 61.5 cm³/mol. The number of aromatic amines is 1. The molecule has 9 heteroatoms. The summed E-state index contributed by atoms with van der Waals surface area (Å²) in [6, 6.07) is 0.178. The first-order valence-electron chi connectivity index (χ1n) is 5.26. The highest BCUT2D eigenvalue weighted by Crippen LogP contribution is 2.27. The van der Waals surface area contributed by atoms with E-state index in [2.05, 4.69) is 15.2 Å². The Kier molecular flexibility index (Phi) is 3.65. The highest BCUT2D eigenvalue weighted by atomic mass is 32.2. The highest BCUT2D eigenvalue weighted by molar-refractivity contribution is 7.99. The molecule has 0 bridgehead atoms. The third-order valence-electron chi connectivity index (χ3n) is 2.23. The lowest BCUT2D eigenvalue weighted by molar-refractivity contribution is 0.447. The maximum atomic E-state index is 13.4. The second-order valence-corrected chi connectivity index (χ2v) is 4.88. The van der Waals surface area contributed by atoms with Crippen LogP contribution in [-0.4, -0.2) is 19.7 Å². The molecule has 102 valence electrons. The van der Waals surface area contributed by atoms with Gasteiger partial charge < -0.3 is 0 Å². The Bertz CT molecular complexity index is 667. The Labute approximate surface area is 109 Å². The number of rotatable bonds is 3. The number of hydrogen-bond acceptors (Lipinski definition) is 4. The zero-order valence-corrected chi connectivity index (χ0v) is 10.8. The molecule has 2 heterocycles. The fourth-order valence-electron chi connectivity index (χ4n) is 1.40. The molecule has 1 N–H and O–H groups in total. The number of aromatic nitrogens is 4. The van der Waals surface area contributed by atoms with Gasteiger partial charge in [-0.25, -0.2) is 23.7 Å². The van der Waals surface area contributed by atoms with Crippen LogP contribution in [0.5, 0.6) is 0 Å². The smallest absolute Gasteiger partial charge is 0.267 e. The van der Waals surface area contributed by atoms with Crippen molar-refractivity contribution in [1.29, 1.82) is 0 Å². The number of halogens is 3. The molecule has 0 atom stereocenters. The highest BCUT2D eigenvalue weighted by Gasteiger charge is 2.18. The van der Waals surface area contributed by atoms with E-state index in [-0.39, 0.29) is 16.2 Å². The maximum absolute atomic E-state index is 13.4. The maximum Gasteiger partial charge on any atom is 0.344 e. The van der Waals surface area contributed by atoms with Crippen molar-refractivity contribution in [2.24, 2.45) is 0 Å². The average molecular weight is 290 g/mol. The molecule has 0 aliphatic rings. The fraction of sp³-hybridized carbons (Fsp3) is 0.300. The van der Waals surface area contributed by atoms with Crippen molar-refractivity contribution >= 4 is 11.8 Å². The molecule has 2 rings (SSSR count). The molecule has 2 aromatic heterocycles. The summed E-state index contributed by atoms with van der Waals surface area (Å²) in [4.78, 5) is 14.6. The van der Waals surface area contributed by atoms with Crippen LogP contribution < -0.4 is 5.69 Å². The first kappa shape index (κ1) is 13.7. The summed E-state index contributed by atoms with van der Waals surface area (Å²) in [6.45, 7) is 3.46. The second-order valence-electron chi connectivity index (χ2n) is 3.93. The third-order valence-corrected chi connectivity index (χ3v) is 3.18. The molecule has 0 aromatic carbocycles. The Morgan fingerprint density at radius 1 is 1.32 bits per heavy atom. The van der Waals surface area contributed by atoms with Gasteiger partial charge in [-0.15, -0.1) is 5.10 Å². The van der Waals surface area contributed by atoms with Crippen molar-refractivity contribution in [3.63, 3.8) is 0 Å². The van der Waals surface area contributed by atoms with Crippen molar-refractivity contribution in [3.05, 3.63) is 34.1 Å². The normalized spacial score (nSPS) is 11.3. The number of nitrogens with one attached hydrogen (secondary N) is 1. The van der Waals surface area contributed by atoms with Crippen molar-refractivity contribution in [1.82, 2.24) is 19.7 Å². The fourth-order valence-corrected chi connectivity index (χ4v) is 2.34. The lowest BCUT2D eigenvalue weighted by Crippen LogP contribution is -2.19. The Morgan fingerprint density at radius 3 is 2.63 bits per heavy atom. The zero-order valence-electron chi connectivity index (χ0n) is 9.95. The van der Waals surface area contributed by atoms with E-state index in [9.17, 15) is 18.0 Å². The molecule has 0 amide bonds. The largest absolute Gasteiger partial charge is 0.344 e. The standard InChI is InChI=1S/C10H9F3N4OS/c1-4(2)17-9(18)15-16-10(17)19-8-6(12)3-5(11)7(13)14-8/h3-4H,1-2H3,(H,15,18). The Hall–Kier alpha value is -1.77. The molecular weight excluding hydrogens is 281 g/mol. The van der Waals surface area contributed by atoms with Gasteiger partial charge >= 0.3 is 5.69 Å². The molecular formula is C10H9F3N4OS. The molecule has 0 spiro atoms. The number of pyridine rings is 1. The van der Waals surface area contributed by atoms with Gasteiger partial charge in [-0.2, -0.15) is 4.39 Å². The quantitative estimate of drug-likeness (QED) is 0.879. The van der Waals surface area contributed by atoms with Gasteiger partial charge in [0.15, 0.2) is 16.8 Å². The molecule has 0 saturated carbocycles. The van der Waals surface area contributed by atoms with Crippen molar-refractivity contribution in [3.8, 4) is 0 Å². The van der Waals surface area contributed by atoms with Crippen molar-refractivity contribution < 1.29 is 13.2 Å². The minimum Gasteiger partial charge on any atom is -0.267 e. The topological polar surface area (TPSA) is 63.6 Å². The molecule has 0 aliphatic carbocycles. The molecule has 0 unspecified atom stereocenters. The Balaban J connectivity index is 2.42. The monoisotopic (exact) mass is 290 g/mol. The molecule has 2 aromatic rings. The summed E-state index contributed by atoms with van der Waals surface area (Å²) >= 11 is 0.641. The lowest BCUT2D eigenvalue weighted by atomic mass is 10.4. The van der Waals surface area contributed by atoms with Crippen LogP contribution >= 0.6 is 11.8 Å². The van der Waals surface area contributed by atoms with Gasteiger partial charge in [-0.3, -0.25) is 4.57 Å². The molecule has 19 heavy (non-hydrogen) atoms. The predicted octanol–water partition coefficient (Wildman–Crippen LogP) is 2.12. The zero-order chi connectivity index (χ0) is 14.2. The van der Waals surface area contributed by atoms with E-state index in [0.29, 0.717) is 17.8 Å². The van der Waals surface area contributed by atoms with Gasteiger partial charge in [-0.05, 0) is 25.6 Å². The van der Waals surface area contributed by atoms with Crippen LogP contribution in [0.25, 0.3) is 0 Å². The first-order valence-corrected chi connectivity index (χ1v) is 6.08. The van der Waals surface area contributed by atoms with Gasteiger partial charge in [0.05, 0.1) is 0 Å². The van der Waals surface area contributed by atoms with Gasteiger partial charge in [0.2, 0.25) is 5.95 Å². The first-order chi connectivity index (χ1) is 8.90. The summed E-state index contributed by atoms with van der Waals surface area (Å²) in [6.07, 6.45) is 0. The summed E-state index contributed by atoms with van der Waals surface area (Å²) in [5.41, 5.74) is -0.472. The SMILES string of the molecule is CC(C)n1c(Sc2nc(F)c(F)cc2F)n[nH]c1=O. The second kappa shape index (κ2) is 5.08. The van der Waals surface area contributed by atoms with Gasteiger partial charge in [0.1, 0.15) is 5.03 Å². The number of H-pyrrole nitrogens is 1. The van der Waals surface area contributed by atoms with E-state index < -0.39 is 23.3 Å². The van der Waals surface area contributed by atoms with E-state index in [1.165, 1.54) is 4.57 Å². The van der Waals surface area contributed by atoms with Crippen LogP contribution in [0, 0.1) is 17.6 Å². The van der Waals surface area contributed by atoms with E-state index in [1.807, 2.05) is 0 Å². The van der Waals surface area contributed by atoms with Crippen LogP contribution in [0.2, 0.25) is 0 Å². The van der Waals surface area contributed by atoms with Gasteiger partial charge in [-0.1, -0.05) is 0 Å². The molecule has 0 fully saturated rings. The van der Waals surface area contributed by atoms with Crippen LogP contribution in [-0.2, 0) is 0 Å².